The highest BCUT2D eigenvalue weighted by molar-refractivity contribution is 5.95. The third-order valence-corrected chi connectivity index (χ3v) is 4.21. The molecular formula is C15H26N2O2. The second kappa shape index (κ2) is 6.40. The van der Waals surface area contributed by atoms with Gasteiger partial charge in [0.05, 0.1) is 6.54 Å². The summed E-state index contributed by atoms with van der Waals surface area (Å²) < 4.78 is 0. The molecule has 0 aliphatic carbocycles. The number of rotatable bonds is 5. The van der Waals surface area contributed by atoms with Gasteiger partial charge in [-0.3, -0.25) is 9.59 Å². The second-order valence-corrected chi connectivity index (χ2v) is 6.25. The molecule has 0 aromatic rings. The lowest BCUT2D eigenvalue weighted by Crippen LogP contribution is -2.61. The van der Waals surface area contributed by atoms with Crippen molar-refractivity contribution in [2.24, 2.45) is 5.92 Å². The van der Waals surface area contributed by atoms with Gasteiger partial charge in [0, 0.05) is 13.1 Å². The first-order chi connectivity index (χ1) is 9.09. The molecule has 2 aliphatic rings. The van der Waals surface area contributed by atoms with Crippen LogP contribution < -0.4 is 0 Å². The molecule has 2 saturated heterocycles. The fraction of sp³-hybridized carbons (Fsp3) is 0.867. The van der Waals surface area contributed by atoms with Gasteiger partial charge < -0.3 is 9.80 Å². The third-order valence-electron chi connectivity index (χ3n) is 4.21. The minimum atomic E-state index is -0.153. The monoisotopic (exact) mass is 266 g/mol. The molecule has 0 radical (unpaired) electrons. The molecule has 0 aromatic heterocycles. The van der Waals surface area contributed by atoms with E-state index in [4.69, 9.17) is 0 Å². The average molecular weight is 266 g/mol. The van der Waals surface area contributed by atoms with Gasteiger partial charge in [0.25, 0.3) is 0 Å². The van der Waals surface area contributed by atoms with Crippen molar-refractivity contribution in [2.75, 3.05) is 19.6 Å². The molecule has 2 amide bonds. The number of nitrogens with zero attached hydrogens (tertiary/aromatic N) is 2. The maximum absolute atomic E-state index is 12.4. The Labute approximate surface area is 116 Å². The topological polar surface area (TPSA) is 40.6 Å². The molecule has 0 saturated carbocycles. The molecular weight excluding hydrogens is 240 g/mol. The lowest BCUT2D eigenvalue weighted by molar-refractivity contribution is -0.157. The number of carbonyl (C=O) groups is 2. The van der Waals surface area contributed by atoms with Crippen LogP contribution in [-0.4, -0.2) is 47.3 Å². The zero-order valence-corrected chi connectivity index (χ0v) is 12.2. The van der Waals surface area contributed by atoms with E-state index < -0.39 is 0 Å². The quantitative estimate of drug-likeness (QED) is 0.714. The number of carbonyl (C=O) groups excluding carboxylic acids is 2. The Bertz CT molecular complexity index is 341. The summed E-state index contributed by atoms with van der Waals surface area (Å²) in [5, 5.41) is 0. The van der Waals surface area contributed by atoms with Crippen molar-refractivity contribution in [1.29, 1.82) is 0 Å². The Balaban J connectivity index is 1.84. The van der Waals surface area contributed by atoms with Crippen molar-refractivity contribution in [3.63, 3.8) is 0 Å². The number of unbranched alkanes of at least 4 members (excludes halogenated alkanes) is 1. The Kier molecular flexibility index (Phi) is 4.83. The zero-order valence-electron chi connectivity index (χ0n) is 12.2. The van der Waals surface area contributed by atoms with Crippen molar-refractivity contribution < 1.29 is 9.59 Å². The molecule has 108 valence electrons. The molecule has 1 unspecified atom stereocenters. The van der Waals surface area contributed by atoms with Crippen LogP contribution in [0.5, 0.6) is 0 Å². The standard InChI is InChI=1S/C15H26N2O2/c1-12(2)7-3-5-9-16-11-14(18)17-10-6-4-8-13(17)15(16)19/h12-13H,3-11H2,1-2H3. The number of fused-ring (bicyclic) bond motifs is 1. The molecule has 2 rings (SSSR count). The molecule has 2 aliphatic heterocycles. The number of hydrogen-bond donors (Lipinski definition) is 0. The summed E-state index contributed by atoms with van der Waals surface area (Å²) in [4.78, 5) is 28.0. The molecule has 4 nitrogen and oxygen atoms in total. The highest BCUT2D eigenvalue weighted by Crippen LogP contribution is 2.23. The summed E-state index contributed by atoms with van der Waals surface area (Å²) in [6, 6.07) is -0.153. The Hall–Kier alpha value is -1.06. The van der Waals surface area contributed by atoms with Crippen molar-refractivity contribution in [3.05, 3.63) is 0 Å². The van der Waals surface area contributed by atoms with Crippen molar-refractivity contribution in [1.82, 2.24) is 9.80 Å². The first kappa shape index (κ1) is 14.4. The van der Waals surface area contributed by atoms with Crippen LogP contribution in [0.25, 0.3) is 0 Å². The van der Waals surface area contributed by atoms with Crippen LogP contribution in [0.15, 0.2) is 0 Å². The van der Waals surface area contributed by atoms with Gasteiger partial charge in [-0.2, -0.15) is 0 Å². The number of piperidine rings is 1. The SMILES string of the molecule is CC(C)CCCCN1CC(=O)N2CCCCC2C1=O. The Morgan fingerprint density at radius 2 is 2.00 bits per heavy atom. The normalized spacial score (nSPS) is 24.1. The minimum Gasteiger partial charge on any atom is -0.332 e. The molecule has 4 heteroatoms. The largest absolute Gasteiger partial charge is 0.332 e. The molecule has 2 heterocycles. The Morgan fingerprint density at radius 1 is 1.21 bits per heavy atom. The van der Waals surface area contributed by atoms with Gasteiger partial charge in [0.1, 0.15) is 6.04 Å². The summed E-state index contributed by atoms with van der Waals surface area (Å²) in [7, 11) is 0. The smallest absolute Gasteiger partial charge is 0.245 e. The summed E-state index contributed by atoms with van der Waals surface area (Å²) in [5.74, 6) is 1.05. The van der Waals surface area contributed by atoms with Gasteiger partial charge in [0.2, 0.25) is 11.8 Å². The van der Waals surface area contributed by atoms with E-state index >= 15 is 0 Å². The minimum absolute atomic E-state index is 0.146. The van der Waals surface area contributed by atoms with Gasteiger partial charge >= 0.3 is 0 Å². The van der Waals surface area contributed by atoms with E-state index in [-0.39, 0.29) is 17.9 Å². The first-order valence-corrected chi connectivity index (χ1v) is 7.68. The van der Waals surface area contributed by atoms with Crippen molar-refractivity contribution in [2.45, 2.75) is 58.4 Å². The van der Waals surface area contributed by atoms with E-state index in [0.29, 0.717) is 12.5 Å². The Morgan fingerprint density at radius 3 is 2.74 bits per heavy atom. The fourth-order valence-electron chi connectivity index (χ4n) is 3.07. The number of hydrogen-bond acceptors (Lipinski definition) is 2. The number of piperazine rings is 1. The van der Waals surface area contributed by atoms with Crippen LogP contribution in [0.2, 0.25) is 0 Å². The lowest BCUT2D eigenvalue weighted by atomic mass is 9.98. The third kappa shape index (κ3) is 3.48. The van der Waals surface area contributed by atoms with Crippen LogP contribution in [0.4, 0.5) is 0 Å². The van der Waals surface area contributed by atoms with Gasteiger partial charge in [-0.1, -0.05) is 26.7 Å². The average Bonchev–Trinajstić information content (AvgIpc) is 2.40. The summed E-state index contributed by atoms with van der Waals surface area (Å²) in [5.41, 5.74) is 0. The highest BCUT2D eigenvalue weighted by Gasteiger charge is 2.39. The molecule has 2 fully saturated rings. The van der Waals surface area contributed by atoms with Crippen molar-refractivity contribution in [3.8, 4) is 0 Å². The van der Waals surface area contributed by atoms with E-state index in [0.717, 1.165) is 45.2 Å². The maximum atomic E-state index is 12.4. The molecule has 0 bridgehead atoms. The summed E-state index contributed by atoms with van der Waals surface area (Å²) in [6.45, 7) is 6.26. The van der Waals surface area contributed by atoms with Gasteiger partial charge in [-0.15, -0.1) is 0 Å². The molecule has 0 N–H and O–H groups in total. The van der Waals surface area contributed by atoms with Crippen LogP contribution in [0.1, 0.15) is 52.4 Å². The lowest BCUT2D eigenvalue weighted by Gasteiger charge is -2.42. The van der Waals surface area contributed by atoms with Crippen LogP contribution in [0.3, 0.4) is 0 Å². The van der Waals surface area contributed by atoms with Crippen LogP contribution in [0, 0.1) is 5.92 Å². The van der Waals surface area contributed by atoms with E-state index in [1.54, 1.807) is 9.80 Å². The fourth-order valence-corrected chi connectivity index (χ4v) is 3.07. The maximum Gasteiger partial charge on any atom is 0.245 e. The van der Waals surface area contributed by atoms with Crippen LogP contribution >= 0.6 is 0 Å². The summed E-state index contributed by atoms with van der Waals surface area (Å²) in [6.07, 6.45) is 6.33. The van der Waals surface area contributed by atoms with Gasteiger partial charge in [-0.05, 0) is 31.6 Å². The molecule has 0 spiro atoms. The highest BCUT2D eigenvalue weighted by atomic mass is 16.2. The zero-order chi connectivity index (χ0) is 13.8. The van der Waals surface area contributed by atoms with E-state index in [9.17, 15) is 9.59 Å². The predicted molar refractivity (Wildman–Crippen MR) is 74.6 cm³/mol. The predicted octanol–water partition coefficient (Wildman–Crippen LogP) is 2.04. The molecule has 19 heavy (non-hydrogen) atoms. The van der Waals surface area contributed by atoms with E-state index in [2.05, 4.69) is 13.8 Å². The number of amides is 2. The first-order valence-electron chi connectivity index (χ1n) is 7.68. The second-order valence-electron chi connectivity index (χ2n) is 6.25. The van der Waals surface area contributed by atoms with E-state index in [1.807, 2.05) is 0 Å². The van der Waals surface area contributed by atoms with Gasteiger partial charge in [0.15, 0.2) is 0 Å². The van der Waals surface area contributed by atoms with Crippen LogP contribution in [-0.2, 0) is 9.59 Å². The van der Waals surface area contributed by atoms with E-state index in [1.165, 1.54) is 6.42 Å². The summed E-state index contributed by atoms with van der Waals surface area (Å²) >= 11 is 0. The van der Waals surface area contributed by atoms with Crippen molar-refractivity contribution >= 4 is 11.8 Å². The van der Waals surface area contributed by atoms with Gasteiger partial charge in [-0.25, -0.2) is 0 Å². The molecule has 0 aromatic carbocycles. The molecule has 1 atom stereocenters.